The smallest absolute Gasteiger partial charge is 0.247 e. The van der Waals surface area contributed by atoms with Gasteiger partial charge in [-0.25, -0.2) is 4.98 Å². The minimum atomic E-state index is 0.506. The lowest BCUT2D eigenvalue weighted by Crippen LogP contribution is -2.16. The van der Waals surface area contributed by atoms with Crippen LogP contribution in [0.3, 0.4) is 0 Å². The van der Waals surface area contributed by atoms with Gasteiger partial charge in [0.1, 0.15) is 0 Å². The van der Waals surface area contributed by atoms with Crippen LogP contribution in [0.4, 0.5) is 0 Å². The number of aryl methyl sites for hydroxylation is 1. The summed E-state index contributed by atoms with van der Waals surface area (Å²) < 4.78 is 7.67. The average molecular weight is 318 g/mol. The van der Waals surface area contributed by atoms with Crippen LogP contribution in [0.1, 0.15) is 12.3 Å². The number of hydrogen-bond donors (Lipinski definition) is 1. The number of hydrogen-bond acceptors (Lipinski definition) is 5. The van der Waals surface area contributed by atoms with Gasteiger partial charge in [0, 0.05) is 29.5 Å². The second kappa shape index (κ2) is 7.20. The molecule has 2 aromatic heterocycles. The zero-order valence-electron chi connectivity index (χ0n) is 11.9. The summed E-state index contributed by atoms with van der Waals surface area (Å²) in [6.07, 6.45) is 6.56. The van der Waals surface area contributed by atoms with E-state index in [1.807, 2.05) is 29.2 Å². The van der Waals surface area contributed by atoms with Gasteiger partial charge < -0.3 is 14.3 Å². The molecule has 3 aromatic rings. The average Bonchev–Trinajstić information content (AvgIpc) is 3.19. The number of nitrogens with one attached hydrogen (secondary N) is 1. The van der Waals surface area contributed by atoms with Crippen LogP contribution in [-0.4, -0.2) is 26.3 Å². The van der Waals surface area contributed by atoms with E-state index in [2.05, 4.69) is 20.5 Å². The van der Waals surface area contributed by atoms with Crippen molar-refractivity contribution in [2.75, 3.05) is 6.54 Å². The van der Waals surface area contributed by atoms with E-state index in [1.54, 1.807) is 18.3 Å². The van der Waals surface area contributed by atoms with E-state index in [0.29, 0.717) is 23.3 Å². The first-order chi connectivity index (χ1) is 10.8. The van der Waals surface area contributed by atoms with Crippen molar-refractivity contribution in [3.05, 3.63) is 53.9 Å². The predicted molar refractivity (Wildman–Crippen MR) is 83.3 cm³/mol. The van der Waals surface area contributed by atoms with Crippen LogP contribution in [0.5, 0.6) is 0 Å². The van der Waals surface area contributed by atoms with Crippen LogP contribution in [0.15, 0.2) is 47.4 Å². The van der Waals surface area contributed by atoms with Crippen molar-refractivity contribution in [2.45, 2.75) is 19.5 Å². The summed E-state index contributed by atoms with van der Waals surface area (Å²) >= 11 is 5.86. The second-order valence-electron chi connectivity index (χ2n) is 4.84. The molecule has 0 unspecified atom stereocenters. The third-order valence-electron chi connectivity index (χ3n) is 3.16. The standard InChI is InChI=1S/C15H16ClN5O/c16-13-4-2-12(3-5-13)15-20-19-14(22-15)10-17-6-1-8-21-9-7-18-11-21/h2-5,7,9,11,17H,1,6,8,10H2. The fourth-order valence-electron chi connectivity index (χ4n) is 2.04. The Morgan fingerprint density at radius 3 is 2.82 bits per heavy atom. The topological polar surface area (TPSA) is 68.8 Å². The van der Waals surface area contributed by atoms with Gasteiger partial charge in [0.05, 0.1) is 12.9 Å². The van der Waals surface area contributed by atoms with Gasteiger partial charge >= 0.3 is 0 Å². The van der Waals surface area contributed by atoms with Crippen LogP contribution in [0, 0.1) is 0 Å². The van der Waals surface area contributed by atoms with Gasteiger partial charge in [-0.3, -0.25) is 0 Å². The number of nitrogens with zero attached hydrogens (tertiary/aromatic N) is 4. The zero-order chi connectivity index (χ0) is 15.2. The Morgan fingerprint density at radius 1 is 1.18 bits per heavy atom. The lowest BCUT2D eigenvalue weighted by molar-refractivity contribution is 0.470. The van der Waals surface area contributed by atoms with Crippen LogP contribution in [0.2, 0.25) is 5.02 Å². The minimum Gasteiger partial charge on any atom is -0.419 e. The predicted octanol–water partition coefficient (Wildman–Crippen LogP) is 2.77. The molecule has 1 aromatic carbocycles. The van der Waals surface area contributed by atoms with E-state index in [9.17, 15) is 0 Å². The number of halogens is 1. The fourth-order valence-corrected chi connectivity index (χ4v) is 2.16. The molecule has 6 nitrogen and oxygen atoms in total. The lowest BCUT2D eigenvalue weighted by atomic mass is 10.2. The summed E-state index contributed by atoms with van der Waals surface area (Å²) in [5.74, 6) is 1.08. The lowest BCUT2D eigenvalue weighted by Gasteiger charge is -2.02. The molecule has 2 heterocycles. The normalized spacial score (nSPS) is 11.0. The Balaban J connectivity index is 1.44. The van der Waals surface area contributed by atoms with Crippen LogP contribution >= 0.6 is 11.6 Å². The van der Waals surface area contributed by atoms with E-state index in [1.165, 1.54) is 0 Å². The zero-order valence-corrected chi connectivity index (χ0v) is 12.7. The van der Waals surface area contributed by atoms with E-state index >= 15 is 0 Å². The quantitative estimate of drug-likeness (QED) is 0.679. The van der Waals surface area contributed by atoms with Crippen molar-refractivity contribution < 1.29 is 4.42 Å². The maximum absolute atomic E-state index is 5.86. The molecule has 0 spiro atoms. The first kappa shape index (κ1) is 14.7. The Kier molecular flexibility index (Phi) is 4.82. The summed E-state index contributed by atoms with van der Waals surface area (Å²) in [4.78, 5) is 4.01. The number of aromatic nitrogens is 4. The monoisotopic (exact) mass is 317 g/mol. The fraction of sp³-hybridized carbons (Fsp3) is 0.267. The second-order valence-corrected chi connectivity index (χ2v) is 5.28. The third kappa shape index (κ3) is 3.93. The molecule has 3 rings (SSSR count). The SMILES string of the molecule is Clc1ccc(-c2nnc(CNCCCn3ccnc3)o2)cc1. The summed E-state index contributed by atoms with van der Waals surface area (Å²) in [7, 11) is 0. The molecule has 0 saturated carbocycles. The van der Waals surface area contributed by atoms with Gasteiger partial charge in [0.25, 0.3) is 0 Å². The highest BCUT2D eigenvalue weighted by Crippen LogP contribution is 2.20. The highest BCUT2D eigenvalue weighted by molar-refractivity contribution is 6.30. The Morgan fingerprint density at radius 2 is 2.05 bits per heavy atom. The largest absolute Gasteiger partial charge is 0.419 e. The number of imidazole rings is 1. The molecule has 1 N–H and O–H groups in total. The van der Waals surface area contributed by atoms with Crippen LogP contribution in [-0.2, 0) is 13.1 Å². The van der Waals surface area contributed by atoms with Gasteiger partial charge in [-0.2, -0.15) is 0 Å². The Bertz CT molecular complexity index is 693. The van der Waals surface area contributed by atoms with Gasteiger partial charge in [0.15, 0.2) is 0 Å². The first-order valence-electron chi connectivity index (χ1n) is 7.06. The molecule has 0 bridgehead atoms. The van der Waals surface area contributed by atoms with Crippen molar-refractivity contribution in [1.82, 2.24) is 25.1 Å². The van der Waals surface area contributed by atoms with Crippen molar-refractivity contribution in [2.24, 2.45) is 0 Å². The number of benzene rings is 1. The molecule has 0 aliphatic heterocycles. The Hall–Kier alpha value is -2.18. The number of rotatable bonds is 7. The van der Waals surface area contributed by atoms with Crippen LogP contribution in [0.25, 0.3) is 11.5 Å². The highest BCUT2D eigenvalue weighted by atomic mass is 35.5. The van der Waals surface area contributed by atoms with E-state index in [4.69, 9.17) is 16.0 Å². The molecule has 22 heavy (non-hydrogen) atoms. The van der Waals surface area contributed by atoms with Crippen molar-refractivity contribution >= 4 is 11.6 Å². The molecule has 0 saturated heterocycles. The van der Waals surface area contributed by atoms with Gasteiger partial charge in [-0.15, -0.1) is 10.2 Å². The molecule has 0 fully saturated rings. The molecule has 0 aliphatic carbocycles. The summed E-state index contributed by atoms with van der Waals surface area (Å²) in [5.41, 5.74) is 0.864. The van der Waals surface area contributed by atoms with E-state index in [0.717, 1.165) is 25.1 Å². The first-order valence-corrected chi connectivity index (χ1v) is 7.44. The van der Waals surface area contributed by atoms with Crippen molar-refractivity contribution in [1.29, 1.82) is 0 Å². The molecule has 114 valence electrons. The van der Waals surface area contributed by atoms with E-state index < -0.39 is 0 Å². The van der Waals surface area contributed by atoms with Gasteiger partial charge in [-0.05, 0) is 37.2 Å². The summed E-state index contributed by atoms with van der Waals surface area (Å²) in [6.45, 7) is 2.37. The molecule has 0 aliphatic rings. The molecule has 0 radical (unpaired) electrons. The van der Waals surface area contributed by atoms with Crippen molar-refractivity contribution in [3.63, 3.8) is 0 Å². The maximum atomic E-state index is 5.86. The summed E-state index contributed by atoms with van der Waals surface area (Å²) in [6, 6.07) is 7.32. The maximum Gasteiger partial charge on any atom is 0.247 e. The minimum absolute atomic E-state index is 0.506. The van der Waals surface area contributed by atoms with Gasteiger partial charge in [-0.1, -0.05) is 11.6 Å². The molecule has 7 heteroatoms. The van der Waals surface area contributed by atoms with E-state index in [-0.39, 0.29) is 0 Å². The highest BCUT2D eigenvalue weighted by Gasteiger charge is 2.07. The molecular formula is C15H16ClN5O. The molecule has 0 amide bonds. The van der Waals surface area contributed by atoms with Crippen LogP contribution < -0.4 is 5.32 Å². The summed E-state index contributed by atoms with van der Waals surface area (Å²) in [5, 5.41) is 12.0. The Labute approximate surface area is 133 Å². The van der Waals surface area contributed by atoms with Crippen molar-refractivity contribution in [3.8, 4) is 11.5 Å². The third-order valence-corrected chi connectivity index (χ3v) is 3.42. The van der Waals surface area contributed by atoms with Gasteiger partial charge in [0.2, 0.25) is 11.8 Å². The molecular weight excluding hydrogens is 302 g/mol. The molecule has 0 atom stereocenters.